The van der Waals surface area contributed by atoms with E-state index in [2.05, 4.69) is 37.3 Å². The van der Waals surface area contributed by atoms with E-state index in [1.54, 1.807) is 19.4 Å². The summed E-state index contributed by atoms with van der Waals surface area (Å²) in [7, 11) is 5.63. The molecule has 2 aromatic rings. The van der Waals surface area contributed by atoms with Crippen molar-refractivity contribution < 1.29 is 22.4 Å². The van der Waals surface area contributed by atoms with Crippen molar-refractivity contribution in [3.8, 4) is 11.8 Å². The van der Waals surface area contributed by atoms with Crippen LogP contribution >= 0.6 is 0 Å². The van der Waals surface area contributed by atoms with Gasteiger partial charge in [-0.3, -0.25) is 4.79 Å². The minimum Gasteiger partial charge on any atom is -0.368 e. The highest BCUT2D eigenvalue weighted by Gasteiger charge is 2.33. The predicted molar refractivity (Wildman–Crippen MR) is 148 cm³/mol. The molecular formula is C29H32F4N6O. The molecule has 1 aromatic heterocycles. The average molecular weight is 557 g/mol. The Balaban J connectivity index is 1.55. The first-order chi connectivity index (χ1) is 19.0. The van der Waals surface area contributed by atoms with Crippen LogP contribution in [-0.4, -0.2) is 61.0 Å². The zero-order valence-electron chi connectivity index (χ0n) is 22.7. The third-order valence-corrected chi connectivity index (χ3v) is 7.01. The molecule has 2 N–H and O–H groups in total. The Labute approximate surface area is 231 Å². The summed E-state index contributed by atoms with van der Waals surface area (Å²) in [5, 5.41) is 5.40. The van der Waals surface area contributed by atoms with E-state index < -0.39 is 23.5 Å². The predicted octanol–water partition coefficient (Wildman–Crippen LogP) is 5.39. The molecule has 11 heteroatoms. The third kappa shape index (κ3) is 7.18. The fourth-order valence-electron chi connectivity index (χ4n) is 4.74. The van der Waals surface area contributed by atoms with Gasteiger partial charge in [-0.25, -0.2) is 14.4 Å². The van der Waals surface area contributed by atoms with Crippen LogP contribution in [0.2, 0.25) is 0 Å². The normalized spacial score (nSPS) is 17.8. The molecule has 0 spiro atoms. The molecule has 0 saturated carbocycles. The van der Waals surface area contributed by atoms with Gasteiger partial charge in [0.05, 0.1) is 28.1 Å². The summed E-state index contributed by atoms with van der Waals surface area (Å²) < 4.78 is 55.5. The number of hydrogen-bond acceptors (Lipinski definition) is 6. The number of alkyl halides is 3. The molecule has 1 fully saturated rings. The minimum atomic E-state index is -4.59. The number of benzene rings is 1. The van der Waals surface area contributed by atoms with E-state index in [9.17, 15) is 22.4 Å². The largest absolute Gasteiger partial charge is 0.416 e. The van der Waals surface area contributed by atoms with E-state index in [4.69, 9.17) is 0 Å². The van der Waals surface area contributed by atoms with Crippen molar-refractivity contribution >= 4 is 23.2 Å². The number of aromatic nitrogens is 2. The fraction of sp³-hybridized carbons (Fsp3) is 0.414. The number of nitrogens with one attached hydrogen (secondary N) is 2. The summed E-state index contributed by atoms with van der Waals surface area (Å²) in [6.07, 6.45) is 2.54. The molecule has 0 radical (unpaired) electrons. The number of allylic oxidation sites excluding steroid dienone is 2. The van der Waals surface area contributed by atoms with Crippen molar-refractivity contribution in [1.29, 1.82) is 0 Å². The van der Waals surface area contributed by atoms with Gasteiger partial charge in [-0.2, -0.15) is 13.2 Å². The second-order valence-corrected chi connectivity index (χ2v) is 10.0. The Morgan fingerprint density at radius 2 is 1.95 bits per heavy atom. The molecule has 2 aliphatic rings. The maximum atomic E-state index is 14.8. The van der Waals surface area contributed by atoms with Gasteiger partial charge in [-0.05, 0) is 57.6 Å². The van der Waals surface area contributed by atoms with Crippen LogP contribution < -0.4 is 15.5 Å². The SMILES string of the molecule is CNc1ncc(C#CCC2=CC(C(=O)Nc3cc(C(F)(F)F)ccc3N3CCC[C@H](N(C)C)C3)=C(F)CC2)cn1. The van der Waals surface area contributed by atoms with E-state index in [0.717, 1.165) is 30.5 Å². The molecule has 40 heavy (non-hydrogen) atoms. The second kappa shape index (κ2) is 12.5. The molecule has 0 bridgehead atoms. The van der Waals surface area contributed by atoms with Gasteiger partial charge in [0.2, 0.25) is 5.95 Å². The lowest BCUT2D eigenvalue weighted by Crippen LogP contribution is -2.45. The summed E-state index contributed by atoms with van der Waals surface area (Å²) in [5.41, 5.74) is 0.764. The standard InChI is InChI=1S/C29H32F4N6O/c1-34-28-35-16-20(17-36-28)7-4-6-19-9-11-24(30)23(14-19)27(40)37-25-15-21(29(31,32)33)10-12-26(25)39-13-5-8-22(18-39)38(2)3/h10,12,14-17,22H,5-6,8-9,11,13,18H2,1-3H3,(H,37,40)(H,34,35,36)/t22-/m0/s1. The summed E-state index contributed by atoms with van der Waals surface area (Å²) in [4.78, 5) is 25.5. The molecule has 7 nitrogen and oxygen atoms in total. The number of carbonyl (C=O) groups is 1. The maximum Gasteiger partial charge on any atom is 0.416 e. The lowest BCUT2D eigenvalue weighted by Gasteiger charge is -2.38. The maximum absolute atomic E-state index is 14.8. The lowest BCUT2D eigenvalue weighted by atomic mass is 9.95. The average Bonchev–Trinajstić information content (AvgIpc) is 2.93. The monoisotopic (exact) mass is 556 g/mol. The highest BCUT2D eigenvalue weighted by molar-refractivity contribution is 6.08. The molecule has 2 heterocycles. The molecule has 1 atom stereocenters. The first kappa shape index (κ1) is 29.1. The summed E-state index contributed by atoms with van der Waals surface area (Å²) in [6, 6.07) is 3.54. The number of halogens is 4. The van der Waals surface area contributed by atoms with Crippen molar-refractivity contribution in [1.82, 2.24) is 14.9 Å². The number of carbonyl (C=O) groups excluding carboxylic acids is 1. The number of likely N-dealkylation sites (N-methyl/N-ethyl adjacent to an activating group) is 1. The summed E-state index contributed by atoms with van der Waals surface area (Å²) in [6.45, 7) is 1.24. The number of nitrogens with zero attached hydrogens (tertiary/aromatic N) is 4. The fourth-order valence-corrected chi connectivity index (χ4v) is 4.74. The third-order valence-electron chi connectivity index (χ3n) is 7.01. The van der Waals surface area contributed by atoms with Crippen LogP contribution in [0.25, 0.3) is 0 Å². The molecule has 1 aliphatic carbocycles. The van der Waals surface area contributed by atoms with Gasteiger partial charge in [0, 0.05) is 51.4 Å². The van der Waals surface area contributed by atoms with Crippen molar-refractivity contribution in [3.05, 3.63) is 64.8 Å². The summed E-state index contributed by atoms with van der Waals surface area (Å²) >= 11 is 0. The molecule has 212 valence electrons. The van der Waals surface area contributed by atoms with Gasteiger partial charge in [0.15, 0.2) is 0 Å². The lowest BCUT2D eigenvalue weighted by molar-refractivity contribution is -0.137. The quantitative estimate of drug-likeness (QED) is 0.367. The van der Waals surface area contributed by atoms with E-state index in [-0.39, 0.29) is 23.7 Å². The Kier molecular flexibility index (Phi) is 9.10. The zero-order valence-corrected chi connectivity index (χ0v) is 22.7. The van der Waals surface area contributed by atoms with Crippen molar-refractivity contribution in [2.75, 3.05) is 49.8 Å². The van der Waals surface area contributed by atoms with Crippen LogP contribution in [0.4, 0.5) is 34.9 Å². The van der Waals surface area contributed by atoms with Gasteiger partial charge in [-0.1, -0.05) is 17.4 Å². The Hall–Kier alpha value is -3.91. The number of piperidine rings is 1. The second-order valence-electron chi connectivity index (χ2n) is 10.0. The van der Waals surface area contributed by atoms with E-state index >= 15 is 0 Å². The van der Waals surface area contributed by atoms with Crippen LogP contribution in [0.3, 0.4) is 0 Å². The van der Waals surface area contributed by atoms with Crippen molar-refractivity contribution in [2.24, 2.45) is 0 Å². The number of amides is 1. The Bertz CT molecular complexity index is 1360. The highest BCUT2D eigenvalue weighted by atomic mass is 19.4. The van der Waals surface area contributed by atoms with Crippen molar-refractivity contribution in [2.45, 2.75) is 44.3 Å². The molecule has 1 amide bonds. The van der Waals surface area contributed by atoms with Crippen LogP contribution in [0, 0.1) is 11.8 Å². The summed E-state index contributed by atoms with van der Waals surface area (Å²) in [5.74, 6) is 5.01. The van der Waals surface area contributed by atoms with Crippen LogP contribution in [0.15, 0.2) is 53.6 Å². The molecule has 1 aromatic carbocycles. The smallest absolute Gasteiger partial charge is 0.368 e. The van der Waals surface area contributed by atoms with Crippen LogP contribution in [0.1, 0.15) is 43.2 Å². The Morgan fingerprint density at radius 3 is 2.62 bits per heavy atom. The minimum absolute atomic E-state index is 0.00450. The first-order valence-corrected chi connectivity index (χ1v) is 13.1. The molecule has 4 rings (SSSR count). The first-order valence-electron chi connectivity index (χ1n) is 13.1. The van der Waals surface area contributed by atoms with Gasteiger partial charge < -0.3 is 20.4 Å². The van der Waals surface area contributed by atoms with Crippen molar-refractivity contribution in [3.63, 3.8) is 0 Å². The van der Waals surface area contributed by atoms with Gasteiger partial charge in [0.1, 0.15) is 5.83 Å². The van der Waals surface area contributed by atoms with E-state index in [1.807, 2.05) is 19.0 Å². The number of anilines is 3. The zero-order chi connectivity index (χ0) is 28.9. The van der Waals surface area contributed by atoms with E-state index in [0.29, 0.717) is 43.1 Å². The molecular weight excluding hydrogens is 524 g/mol. The van der Waals surface area contributed by atoms with E-state index in [1.165, 1.54) is 12.1 Å². The molecule has 1 aliphatic heterocycles. The van der Waals surface area contributed by atoms with Crippen LogP contribution in [-0.2, 0) is 11.0 Å². The molecule has 1 saturated heterocycles. The van der Waals surface area contributed by atoms with Gasteiger partial charge in [0.25, 0.3) is 5.91 Å². The number of rotatable bonds is 6. The van der Waals surface area contributed by atoms with Gasteiger partial charge in [-0.15, -0.1) is 0 Å². The highest BCUT2D eigenvalue weighted by Crippen LogP contribution is 2.37. The Morgan fingerprint density at radius 1 is 1.20 bits per heavy atom. The molecule has 0 unspecified atom stereocenters. The van der Waals surface area contributed by atoms with Gasteiger partial charge >= 0.3 is 6.18 Å². The topological polar surface area (TPSA) is 73.4 Å². The van der Waals surface area contributed by atoms with Crippen LogP contribution in [0.5, 0.6) is 0 Å². The number of hydrogen-bond donors (Lipinski definition) is 2.